The molecule has 4 nitrogen and oxygen atoms in total. The van der Waals surface area contributed by atoms with Crippen LogP contribution in [0.25, 0.3) is 0 Å². The molecule has 2 aromatic rings. The third-order valence-electron chi connectivity index (χ3n) is 2.17. The van der Waals surface area contributed by atoms with Gasteiger partial charge in [0.05, 0.1) is 5.56 Å². The third-order valence-corrected chi connectivity index (χ3v) is 2.17. The molecule has 0 aliphatic heterocycles. The molecule has 0 aliphatic rings. The number of benzene rings is 1. The molecule has 0 spiro atoms. The molecule has 0 unspecified atom stereocenters. The third kappa shape index (κ3) is 2.08. The Morgan fingerprint density at radius 1 is 1.12 bits per heavy atom. The van der Waals surface area contributed by atoms with Gasteiger partial charge >= 0.3 is 0 Å². The van der Waals surface area contributed by atoms with Crippen molar-refractivity contribution in [2.45, 2.75) is 6.42 Å². The van der Waals surface area contributed by atoms with E-state index in [9.17, 15) is 14.6 Å². The van der Waals surface area contributed by atoms with E-state index >= 15 is 0 Å². The van der Waals surface area contributed by atoms with Crippen molar-refractivity contribution in [3.8, 4) is 11.8 Å². The first-order valence-corrected chi connectivity index (χ1v) is 4.63. The summed E-state index contributed by atoms with van der Waals surface area (Å²) in [5.74, 6) is -0.957. The topological polar surface area (TPSA) is 66.2 Å². The number of aromatic hydroxyl groups is 2. The van der Waals surface area contributed by atoms with Crippen LogP contribution in [0.1, 0.15) is 11.1 Å². The zero-order valence-corrected chi connectivity index (χ0v) is 8.26. The molecule has 0 atom stereocenters. The van der Waals surface area contributed by atoms with Gasteiger partial charge in [-0.25, -0.2) is 14.4 Å². The molecule has 0 saturated carbocycles. The second-order valence-corrected chi connectivity index (χ2v) is 3.31. The molecule has 0 fully saturated rings. The second-order valence-electron chi connectivity index (χ2n) is 3.31. The van der Waals surface area contributed by atoms with Gasteiger partial charge in [-0.3, -0.25) is 0 Å². The molecule has 1 heterocycles. The fourth-order valence-corrected chi connectivity index (χ4v) is 1.40. The van der Waals surface area contributed by atoms with E-state index in [-0.39, 0.29) is 29.6 Å². The van der Waals surface area contributed by atoms with Gasteiger partial charge in [0.15, 0.2) is 0 Å². The van der Waals surface area contributed by atoms with Crippen molar-refractivity contribution < 1.29 is 14.6 Å². The maximum Gasteiger partial charge on any atom is 0.221 e. The van der Waals surface area contributed by atoms with Gasteiger partial charge in [-0.05, 0) is 17.7 Å². The van der Waals surface area contributed by atoms with E-state index in [1.807, 2.05) is 0 Å². The summed E-state index contributed by atoms with van der Waals surface area (Å²) >= 11 is 0. The van der Waals surface area contributed by atoms with Gasteiger partial charge in [-0.1, -0.05) is 12.1 Å². The second kappa shape index (κ2) is 4.14. The summed E-state index contributed by atoms with van der Waals surface area (Å²) in [6.07, 6.45) is 1.23. The number of hydrogen-bond acceptors (Lipinski definition) is 4. The molecular formula is C11H9FN2O2. The Morgan fingerprint density at radius 2 is 1.81 bits per heavy atom. The molecule has 5 heteroatoms. The van der Waals surface area contributed by atoms with Gasteiger partial charge in [0.25, 0.3) is 0 Å². The van der Waals surface area contributed by atoms with E-state index < -0.39 is 0 Å². The van der Waals surface area contributed by atoms with Crippen LogP contribution in [0.4, 0.5) is 4.39 Å². The zero-order chi connectivity index (χ0) is 11.5. The van der Waals surface area contributed by atoms with Crippen LogP contribution in [-0.2, 0) is 6.42 Å². The molecule has 0 radical (unpaired) electrons. The smallest absolute Gasteiger partial charge is 0.221 e. The van der Waals surface area contributed by atoms with E-state index in [0.29, 0.717) is 5.56 Å². The minimum atomic E-state index is -0.367. The van der Waals surface area contributed by atoms with Crippen LogP contribution < -0.4 is 0 Å². The van der Waals surface area contributed by atoms with Crippen molar-refractivity contribution in [3.63, 3.8) is 0 Å². The summed E-state index contributed by atoms with van der Waals surface area (Å²) in [5.41, 5.74) is 0.813. The number of halogens is 1. The highest BCUT2D eigenvalue weighted by molar-refractivity contribution is 5.37. The minimum Gasteiger partial charge on any atom is -0.493 e. The Morgan fingerprint density at radius 3 is 2.44 bits per heavy atom. The number of hydrogen-bond donors (Lipinski definition) is 2. The molecule has 1 aromatic heterocycles. The summed E-state index contributed by atoms with van der Waals surface area (Å²) in [6.45, 7) is 0. The van der Waals surface area contributed by atoms with Crippen molar-refractivity contribution in [3.05, 3.63) is 47.5 Å². The zero-order valence-electron chi connectivity index (χ0n) is 8.26. The summed E-state index contributed by atoms with van der Waals surface area (Å²) in [4.78, 5) is 7.10. The molecule has 0 bridgehead atoms. The first-order valence-electron chi connectivity index (χ1n) is 4.63. The van der Waals surface area contributed by atoms with E-state index in [1.54, 1.807) is 12.1 Å². The van der Waals surface area contributed by atoms with Gasteiger partial charge in [-0.15, -0.1) is 0 Å². The van der Waals surface area contributed by atoms with E-state index in [4.69, 9.17) is 0 Å². The average molecular weight is 220 g/mol. The number of rotatable bonds is 2. The minimum absolute atomic E-state index is 0.177. The van der Waals surface area contributed by atoms with Crippen LogP contribution in [0.5, 0.6) is 11.8 Å². The Hall–Kier alpha value is -2.17. The van der Waals surface area contributed by atoms with Crippen LogP contribution in [-0.4, -0.2) is 20.2 Å². The fraction of sp³-hybridized carbons (Fsp3) is 0.0909. The fourth-order valence-electron chi connectivity index (χ4n) is 1.40. The molecule has 82 valence electrons. The van der Waals surface area contributed by atoms with Gasteiger partial charge in [0.2, 0.25) is 11.8 Å². The van der Waals surface area contributed by atoms with Gasteiger partial charge in [0, 0.05) is 6.42 Å². The lowest BCUT2D eigenvalue weighted by atomic mass is 10.1. The van der Waals surface area contributed by atoms with Crippen molar-refractivity contribution >= 4 is 0 Å². The lowest BCUT2D eigenvalue weighted by Crippen LogP contribution is -1.94. The Kier molecular flexibility index (Phi) is 2.68. The monoisotopic (exact) mass is 220 g/mol. The number of nitrogens with zero attached hydrogens (tertiary/aromatic N) is 2. The lowest BCUT2D eigenvalue weighted by Gasteiger charge is -2.05. The first-order chi connectivity index (χ1) is 7.66. The van der Waals surface area contributed by atoms with Crippen LogP contribution in [0.15, 0.2) is 30.6 Å². The molecule has 16 heavy (non-hydrogen) atoms. The molecular weight excluding hydrogens is 211 g/mol. The molecule has 0 aliphatic carbocycles. The summed E-state index contributed by atoms with van der Waals surface area (Å²) < 4.78 is 12.9. The molecule has 2 N–H and O–H groups in total. The van der Waals surface area contributed by atoms with Crippen molar-refractivity contribution in [1.29, 1.82) is 0 Å². The predicted molar refractivity (Wildman–Crippen MR) is 54.6 cm³/mol. The van der Waals surface area contributed by atoms with Gasteiger partial charge in [-0.2, -0.15) is 0 Å². The highest BCUT2D eigenvalue weighted by atomic mass is 19.1. The molecule has 2 rings (SSSR count). The maximum absolute atomic E-state index is 12.9. The van der Waals surface area contributed by atoms with Gasteiger partial charge < -0.3 is 10.2 Å². The quantitative estimate of drug-likeness (QED) is 0.807. The van der Waals surface area contributed by atoms with Crippen LogP contribution in [0, 0.1) is 5.82 Å². The van der Waals surface area contributed by atoms with Crippen LogP contribution in [0.3, 0.4) is 0 Å². The van der Waals surface area contributed by atoms with Crippen LogP contribution in [0.2, 0.25) is 0 Å². The Labute approximate surface area is 91.0 Å². The highest BCUT2D eigenvalue weighted by Gasteiger charge is 2.10. The van der Waals surface area contributed by atoms with Crippen molar-refractivity contribution in [2.75, 3.05) is 0 Å². The lowest BCUT2D eigenvalue weighted by molar-refractivity contribution is 0.411. The Balaban J connectivity index is 2.34. The maximum atomic E-state index is 12.9. The highest BCUT2D eigenvalue weighted by Crippen LogP contribution is 2.24. The van der Waals surface area contributed by atoms with Crippen molar-refractivity contribution in [1.82, 2.24) is 9.97 Å². The first kappa shape index (κ1) is 10.4. The molecule has 0 saturated heterocycles. The molecule has 0 amide bonds. The summed E-state index contributed by atoms with van der Waals surface area (Å²) in [7, 11) is 0. The SMILES string of the molecule is Oc1ncnc(O)c1Cc1cccc(F)c1. The number of aromatic nitrogens is 2. The average Bonchev–Trinajstić information content (AvgIpc) is 2.24. The summed E-state index contributed by atoms with van der Waals surface area (Å²) in [6, 6.07) is 5.90. The Bertz CT molecular complexity index is 497. The predicted octanol–water partition coefficient (Wildman–Crippen LogP) is 1.62. The largest absolute Gasteiger partial charge is 0.493 e. The standard InChI is InChI=1S/C11H9FN2O2/c12-8-3-1-2-7(4-8)5-9-10(15)13-6-14-11(9)16/h1-4,6H,5H2,(H2,13,14,15,16). The van der Waals surface area contributed by atoms with E-state index in [0.717, 1.165) is 6.33 Å². The van der Waals surface area contributed by atoms with Crippen molar-refractivity contribution in [2.24, 2.45) is 0 Å². The molecule has 1 aromatic carbocycles. The van der Waals surface area contributed by atoms with Gasteiger partial charge in [0.1, 0.15) is 12.1 Å². The van der Waals surface area contributed by atoms with Crippen LogP contribution >= 0.6 is 0 Å². The summed E-state index contributed by atoms with van der Waals surface area (Å²) in [5, 5.41) is 18.8. The normalized spacial score (nSPS) is 10.3. The van der Waals surface area contributed by atoms with E-state index in [1.165, 1.54) is 12.1 Å². The van der Waals surface area contributed by atoms with E-state index in [2.05, 4.69) is 9.97 Å².